The minimum Gasteiger partial charge on any atom is -0.481 e. The summed E-state index contributed by atoms with van der Waals surface area (Å²) in [5.74, 6) is -0.800. The largest absolute Gasteiger partial charge is 0.481 e. The number of anilines is 1. The molecule has 0 atom stereocenters. The van der Waals surface area contributed by atoms with E-state index in [0.29, 0.717) is 0 Å². The monoisotopic (exact) mass is 204 g/mol. The molecule has 4 nitrogen and oxygen atoms in total. The second kappa shape index (κ2) is 4.04. The highest BCUT2D eigenvalue weighted by Gasteiger charge is 2.06. The molecular formula is C11H12N2O2. The van der Waals surface area contributed by atoms with Crippen LogP contribution in [0.4, 0.5) is 5.69 Å². The number of carboxylic acid groups (broad SMARTS) is 1. The molecule has 0 saturated carbocycles. The minimum atomic E-state index is -0.800. The molecule has 0 radical (unpaired) electrons. The van der Waals surface area contributed by atoms with Gasteiger partial charge in [0, 0.05) is 18.1 Å². The van der Waals surface area contributed by atoms with Gasteiger partial charge in [-0.2, -0.15) is 0 Å². The predicted octanol–water partition coefficient (Wildman–Crippen LogP) is 1.15. The number of nitrogens with zero attached hydrogens (tertiary/aromatic N) is 1. The Bertz CT molecular complexity index is 384. The van der Waals surface area contributed by atoms with Crippen LogP contribution >= 0.6 is 0 Å². The van der Waals surface area contributed by atoms with Crippen molar-refractivity contribution in [2.75, 3.05) is 11.6 Å². The van der Waals surface area contributed by atoms with Crippen LogP contribution in [0.2, 0.25) is 0 Å². The van der Waals surface area contributed by atoms with E-state index >= 15 is 0 Å². The van der Waals surface area contributed by atoms with Gasteiger partial charge in [-0.3, -0.25) is 4.79 Å². The summed E-state index contributed by atoms with van der Waals surface area (Å²) >= 11 is 0. The fourth-order valence-corrected chi connectivity index (χ4v) is 1.50. The van der Waals surface area contributed by atoms with Crippen LogP contribution in [0.3, 0.4) is 0 Å². The second-order valence-corrected chi connectivity index (χ2v) is 3.38. The molecule has 1 aliphatic rings. The highest BCUT2D eigenvalue weighted by molar-refractivity contribution is 5.70. The first kappa shape index (κ1) is 9.58. The maximum Gasteiger partial charge on any atom is 0.307 e. The SMILES string of the molecule is O=C(O)Cc1ccc(N2C=CNC2)cc1. The first-order valence-corrected chi connectivity index (χ1v) is 4.73. The normalized spacial score (nSPS) is 14.0. The van der Waals surface area contributed by atoms with Gasteiger partial charge >= 0.3 is 5.97 Å². The molecule has 0 aromatic heterocycles. The van der Waals surface area contributed by atoms with Gasteiger partial charge in [-0.1, -0.05) is 12.1 Å². The van der Waals surface area contributed by atoms with Crippen molar-refractivity contribution in [1.82, 2.24) is 5.32 Å². The van der Waals surface area contributed by atoms with Crippen LogP contribution in [0, 0.1) is 0 Å². The lowest BCUT2D eigenvalue weighted by molar-refractivity contribution is -0.136. The van der Waals surface area contributed by atoms with E-state index in [1.807, 2.05) is 41.6 Å². The molecule has 0 aliphatic carbocycles. The Hall–Kier alpha value is -1.97. The topological polar surface area (TPSA) is 52.6 Å². The van der Waals surface area contributed by atoms with E-state index in [-0.39, 0.29) is 6.42 Å². The predicted molar refractivity (Wildman–Crippen MR) is 57.4 cm³/mol. The lowest BCUT2D eigenvalue weighted by Gasteiger charge is -2.14. The van der Waals surface area contributed by atoms with Gasteiger partial charge in [0.05, 0.1) is 13.1 Å². The van der Waals surface area contributed by atoms with Crippen LogP contribution in [0.25, 0.3) is 0 Å². The van der Waals surface area contributed by atoms with Gasteiger partial charge in [-0.15, -0.1) is 0 Å². The van der Waals surface area contributed by atoms with Crippen molar-refractivity contribution in [2.45, 2.75) is 6.42 Å². The molecule has 2 rings (SSSR count). The Labute approximate surface area is 87.8 Å². The maximum absolute atomic E-state index is 10.5. The Morgan fingerprint density at radius 1 is 1.40 bits per heavy atom. The minimum absolute atomic E-state index is 0.0777. The number of aliphatic carboxylic acids is 1. The van der Waals surface area contributed by atoms with Crippen molar-refractivity contribution < 1.29 is 9.90 Å². The third kappa shape index (κ3) is 2.28. The fourth-order valence-electron chi connectivity index (χ4n) is 1.50. The van der Waals surface area contributed by atoms with Crippen LogP contribution in [0.1, 0.15) is 5.56 Å². The summed E-state index contributed by atoms with van der Waals surface area (Å²) in [5.41, 5.74) is 1.88. The van der Waals surface area contributed by atoms with Crippen molar-refractivity contribution in [3.63, 3.8) is 0 Å². The molecule has 0 saturated heterocycles. The van der Waals surface area contributed by atoms with Crippen LogP contribution in [-0.2, 0) is 11.2 Å². The third-order valence-corrected chi connectivity index (χ3v) is 2.26. The third-order valence-electron chi connectivity index (χ3n) is 2.26. The molecule has 15 heavy (non-hydrogen) atoms. The lowest BCUT2D eigenvalue weighted by atomic mass is 10.1. The Morgan fingerprint density at radius 2 is 2.13 bits per heavy atom. The summed E-state index contributed by atoms with van der Waals surface area (Å²) in [6, 6.07) is 7.54. The lowest BCUT2D eigenvalue weighted by Crippen LogP contribution is -2.19. The Morgan fingerprint density at radius 3 is 2.67 bits per heavy atom. The average Bonchev–Trinajstić information content (AvgIpc) is 2.71. The Kier molecular flexibility index (Phi) is 2.58. The summed E-state index contributed by atoms with van der Waals surface area (Å²) in [7, 11) is 0. The number of carbonyl (C=O) groups is 1. The molecule has 1 aromatic rings. The fraction of sp³-hybridized carbons (Fsp3) is 0.182. The van der Waals surface area contributed by atoms with Crippen LogP contribution < -0.4 is 10.2 Å². The van der Waals surface area contributed by atoms with E-state index in [4.69, 9.17) is 5.11 Å². The second-order valence-electron chi connectivity index (χ2n) is 3.38. The molecule has 0 amide bonds. The highest BCUT2D eigenvalue weighted by atomic mass is 16.4. The van der Waals surface area contributed by atoms with E-state index < -0.39 is 5.97 Å². The van der Waals surface area contributed by atoms with Gasteiger partial charge < -0.3 is 15.3 Å². The van der Waals surface area contributed by atoms with E-state index in [9.17, 15) is 4.79 Å². The van der Waals surface area contributed by atoms with Gasteiger partial charge in [0.2, 0.25) is 0 Å². The zero-order chi connectivity index (χ0) is 10.7. The highest BCUT2D eigenvalue weighted by Crippen LogP contribution is 2.16. The van der Waals surface area contributed by atoms with Crippen molar-refractivity contribution in [2.24, 2.45) is 0 Å². The Balaban J connectivity index is 2.09. The summed E-state index contributed by atoms with van der Waals surface area (Å²) in [4.78, 5) is 12.5. The summed E-state index contributed by atoms with van der Waals surface area (Å²) in [5, 5.41) is 11.7. The molecule has 2 N–H and O–H groups in total. The quantitative estimate of drug-likeness (QED) is 0.775. The van der Waals surface area contributed by atoms with Crippen LogP contribution in [0.5, 0.6) is 0 Å². The number of hydrogen-bond acceptors (Lipinski definition) is 3. The smallest absolute Gasteiger partial charge is 0.307 e. The molecule has 0 bridgehead atoms. The first-order valence-electron chi connectivity index (χ1n) is 4.73. The number of benzene rings is 1. The van der Waals surface area contributed by atoms with E-state index in [1.165, 1.54) is 0 Å². The number of nitrogens with one attached hydrogen (secondary N) is 1. The summed E-state index contributed by atoms with van der Waals surface area (Å²) in [6.07, 6.45) is 3.91. The summed E-state index contributed by atoms with van der Waals surface area (Å²) < 4.78 is 0. The number of carboxylic acids is 1. The van der Waals surface area contributed by atoms with Crippen molar-refractivity contribution in [3.05, 3.63) is 42.2 Å². The van der Waals surface area contributed by atoms with Gasteiger partial charge in [-0.25, -0.2) is 0 Å². The van der Waals surface area contributed by atoms with Crippen molar-refractivity contribution in [3.8, 4) is 0 Å². The first-order chi connectivity index (χ1) is 7.25. The van der Waals surface area contributed by atoms with E-state index in [0.717, 1.165) is 17.9 Å². The molecule has 78 valence electrons. The zero-order valence-corrected chi connectivity index (χ0v) is 8.18. The van der Waals surface area contributed by atoms with Crippen LogP contribution in [-0.4, -0.2) is 17.7 Å². The molecule has 0 spiro atoms. The van der Waals surface area contributed by atoms with Gasteiger partial charge in [0.25, 0.3) is 0 Å². The summed E-state index contributed by atoms with van der Waals surface area (Å²) in [6.45, 7) is 0.762. The molecule has 0 fully saturated rings. The number of rotatable bonds is 3. The van der Waals surface area contributed by atoms with Crippen molar-refractivity contribution >= 4 is 11.7 Å². The van der Waals surface area contributed by atoms with E-state index in [2.05, 4.69) is 5.32 Å². The molecule has 4 heteroatoms. The molecule has 1 aliphatic heterocycles. The number of hydrogen-bond donors (Lipinski definition) is 2. The van der Waals surface area contributed by atoms with Crippen LogP contribution in [0.15, 0.2) is 36.7 Å². The van der Waals surface area contributed by atoms with Gasteiger partial charge in [0.1, 0.15) is 0 Å². The standard InChI is InChI=1S/C11H12N2O2/c14-11(15)7-9-1-3-10(4-2-9)13-6-5-12-8-13/h1-6,12H,7-8H2,(H,14,15). The van der Waals surface area contributed by atoms with Crippen molar-refractivity contribution in [1.29, 1.82) is 0 Å². The molecule has 1 heterocycles. The molecule has 1 aromatic carbocycles. The molecular weight excluding hydrogens is 192 g/mol. The molecule has 0 unspecified atom stereocenters. The maximum atomic E-state index is 10.5. The average molecular weight is 204 g/mol. The zero-order valence-electron chi connectivity index (χ0n) is 8.18. The van der Waals surface area contributed by atoms with Gasteiger partial charge in [0.15, 0.2) is 0 Å². The van der Waals surface area contributed by atoms with E-state index in [1.54, 1.807) is 0 Å². The van der Waals surface area contributed by atoms with Gasteiger partial charge in [-0.05, 0) is 17.7 Å².